The van der Waals surface area contributed by atoms with Crippen LogP contribution in [0.1, 0.15) is 21.8 Å². The third-order valence-electron chi connectivity index (χ3n) is 2.68. The van der Waals surface area contributed by atoms with Gasteiger partial charge in [0, 0.05) is 12.4 Å². The monoisotopic (exact) mass is 292 g/mol. The molecular weight excluding hydrogens is 286 g/mol. The largest absolute Gasteiger partial charge is 0.292 e. The quantitative estimate of drug-likeness (QED) is 0.642. The van der Waals surface area contributed by atoms with E-state index >= 15 is 0 Å². The fourth-order valence-corrected chi connectivity index (χ4v) is 1.85. The minimum absolute atomic E-state index is 0.315. The van der Waals surface area contributed by atoms with Crippen molar-refractivity contribution in [1.29, 1.82) is 5.26 Å². The molecule has 1 atom stereocenters. The van der Waals surface area contributed by atoms with Gasteiger partial charge in [0.25, 0.3) is 0 Å². The molecule has 2 rings (SSSR count). The molecule has 2 aromatic rings. The maximum absolute atomic E-state index is 13.7. The average Bonchev–Trinajstić information content (AvgIpc) is 2.44. The van der Waals surface area contributed by atoms with Gasteiger partial charge in [0.15, 0.2) is 5.78 Å². The first-order valence-corrected chi connectivity index (χ1v) is 5.90. The molecule has 6 heteroatoms. The van der Waals surface area contributed by atoms with Crippen LogP contribution >= 0.6 is 11.6 Å². The van der Waals surface area contributed by atoms with E-state index in [0.717, 1.165) is 0 Å². The molecule has 0 saturated carbocycles. The molecule has 0 bridgehead atoms. The van der Waals surface area contributed by atoms with Gasteiger partial charge in [-0.15, -0.1) is 0 Å². The van der Waals surface area contributed by atoms with E-state index in [1.807, 2.05) is 0 Å². The highest BCUT2D eigenvalue weighted by Gasteiger charge is 2.25. The van der Waals surface area contributed by atoms with Crippen molar-refractivity contribution in [3.8, 4) is 6.07 Å². The normalized spacial score (nSPS) is 11.7. The van der Waals surface area contributed by atoms with E-state index in [1.165, 1.54) is 18.5 Å². The third-order valence-corrected chi connectivity index (χ3v) is 2.97. The van der Waals surface area contributed by atoms with Gasteiger partial charge in [0.2, 0.25) is 0 Å². The Morgan fingerprint density at radius 2 is 2.10 bits per heavy atom. The Bertz CT molecular complexity index is 698. The molecular formula is C14H7ClF2N2O. The number of nitriles is 1. The molecule has 0 amide bonds. The van der Waals surface area contributed by atoms with Gasteiger partial charge < -0.3 is 0 Å². The van der Waals surface area contributed by atoms with E-state index in [9.17, 15) is 13.6 Å². The summed E-state index contributed by atoms with van der Waals surface area (Å²) in [7, 11) is 0. The fourth-order valence-electron chi connectivity index (χ4n) is 1.70. The summed E-state index contributed by atoms with van der Waals surface area (Å²) in [5.74, 6) is -3.97. The summed E-state index contributed by atoms with van der Waals surface area (Å²) in [5, 5.41) is 8.66. The summed E-state index contributed by atoms with van der Waals surface area (Å²) < 4.78 is 27.0. The van der Waals surface area contributed by atoms with E-state index in [1.54, 1.807) is 12.1 Å². The summed E-state index contributed by atoms with van der Waals surface area (Å²) in [5.41, 5.74) is -0.197. The van der Waals surface area contributed by atoms with Gasteiger partial charge in [0.05, 0.1) is 16.7 Å². The Hall–Kier alpha value is -2.32. The molecule has 20 heavy (non-hydrogen) atoms. The topological polar surface area (TPSA) is 53.8 Å². The van der Waals surface area contributed by atoms with Crippen LogP contribution < -0.4 is 0 Å². The standard InChI is InChI=1S/C14H7ClF2N2O/c15-11-5-12(16)9(4-13(11)17)14(20)10(6-18)8-2-1-3-19-7-8/h1-5,7,10H. The number of aromatic nitrogens is 1. The van der Waals surface area contributed by atoms with E-state index in [-0.39, 0.29) is 0 Å². The summed E-state index contributed by atoms with van der Waals surface area (Å²) in [6.45, 7) is 0. The molecule has 0 N–H and O–H groups in total. The van der Waals surface area contributed by atoms with Crippen molar-refractivity contribution in [3.63, 3.8) is 0 Å². The predicted octanol–water partition coefficient (Wildman–Crippen LogP) is 3.50. The Morgan fingerprint density at radius 1 is 1.35 bits per heavy atom. The number of nitrogens with zero attached hydrogens (tertiary/aromatic N) is 2. The number of ketones is 1. The van der Waals surface area contributed by atoms with Crippen LogP contribution in [0.25, 0.3) is 0 Å². The lowest BCUT2D eigenvalue weighted by atomic mass is 9.92. The van der Waals surface area contributed by atoms with Gasteiger partial charge in [-0.1, -0.05) is 17.7 Å². The van der Waals surface area contributed by atoms with Crippen molar-refractivity contribution in [3.05, 3.63) is 64.4 Å². The molecule has 0 aliphatic heterocycles. The van der Waals surface area contributed by atoms with Crippen molar-refractivity contribution in [2.45, 2.75) is 5.92 Å². The molecule has 0 fully saturated rings. The van der Waals surface area contributed by atoms with Crippen molar-refractivity contribution in [2.24, 2.45) is 0 Å². The molecule has 0 aliphatic rings. The van der Waals surface area contributed by atoms with E-state index < -0.39 is 33.9 Å². The van der Waals surface area contributed by atoms with E-state index in [2.05, 4.69) is 4.98 Å². The lowest BCUT2D eigenvalue weighted by molar-refractivity contribution is 0.0974. The Labute approximate surface area is 118 Å². The molecule has 1 unspecified atom stereocenters. The second-order valence-corrected chi connectivity index (χ2v) is 4.37. The van der Waals surface area contributed by atoms with Crippen molar-refractivity contribution >= 4 is 17.4 Å². The molecule has 0 saturated heterocycles. The maximum atomic E-state index is 13.7. The van der Waals surface area contributed by atoms with Crippen molar-refractivity contribution < 1.29 is 13.6 Å². The Morgan fingerprint density at radius 3 is 2.70 bits per heavy atom. The number of hydrogen-bond acceptors (Lipinski definition) is 3. The van der Waals surface area contributed by atoms with E-state index in [0.29, 0.717) is 17.7 Å². The van der Waals surface area contributed by atoms with Crippen molar-refractivity contribution in [2.75, 3.05) is 0 Å². The van der Waals surface area contributed by atoms with Crippen LogP contribution in [0.2, 0.25) is 5.02 Å². The number of hydrogen-bond donors (Lipinski definition) is 0. The van der Waals surface area contributed by atoms with Crippen molar-refractivity contribution in [1.82, 2.24) is 4.98 Å². The third kappa shape index (κ3) is 2.65. The molecule has 0 spiro atoms. The zero-order valence-corrected chi connectivity index (χ0v) is 10.7. The lowest BCUT2D eigenvalue weighted by Gasteiger charge is -2.09. The van der Waals surface area contributed by atoms with Gasteiger partial charge in [-0.2, -0.15) is 5.26 Å². The number of pyridine rings is 1. The number of rotatable bonds is 3. The highest BCUT2D eigenvalue weighted by Crippen LogP contribution is 2.25. The summed E-state index contributed by atoms with van der Waals surface area (Å²) >= 11 is 5.42. The van der Waals surface area contributed by atoms with Crippen LogP contribution in [-0.4, -0.2) is 10.8 Å². The Kier molecular flexibility index (Phi) is 4.06. The van der Waals surface area contributed by atoms with Crippen LogP contribution in [0.15, 0.2) is 36.7 Å². The predicted molar refractivity (Wildman–Crippen MR) is 68.3 cm³/mol. The first-order valence-electron chi connectivity index (χ1n) is 5.53. The fraction of sp³-hybridized carbons (Fsp3) is 0.0714. The SMILES string of the molecule is N#CC(C(=O)c1cc(F)c(Cl)cc1F)c1cccnc1. The molecule has 3 nitrogen and oxygen atoms in total. The number of Topliss-reactive ketones (excluding diaryl/α,β-unsaturated/α-hetero) is 1. The first-order chi connectivity index (χ1) is 9.54. The minimum Gasteiger partial charge on any atom is -0.292 e. The molecule has 100 valence electrons. The Balaban J connectivity index is 2.45. The van der Waals surface area contributed by atoms with Gasteiger partial charge >= 0.3 is 0 Å². The second-order valence-electron chi connectivity index (χ2n) is 3.96. The first kappa shape index (κ1) is 14.1. The van der Waals surface area contributed by atoms with Crippen LogP contribution in [0.5, 0.6) is 0 Å². The molecule has 1 aromatic carbocycles. The minimum atomic E-state index is -1.25. The smallest absolute Gasteiger partial charge is 0.187 e. The summed E-state index contributed by atoms with van der Waals surface area (Å²) in [4.78, 5) is 16.0. The molecule has 0 radical (unpaired) electrons. The average molecular weight is 293 g/mol. The number of halogens is 3. The number of benzene rings is 1. The summed E-state index contributed by atoms with van der Waals surface area (Å²) in [6, 6.07) is 6.24. The van der Waals surface area contributed by atoms with Crippen LogP contribution in [0, 0.1) is 23.0 Å². The molecule has 1 heterocycles. The number of carbonyl (C=O) groups excluding carboxylic acids is 1. The lowest BCUT2D eigenvalue weighted by Crippen LogP contribution is -2.13. The van der Waals surface area contributed by atoms with Gasteiger partial charge in [0.1, 0.15) is 17.6 Å². The zero-order chi connectivity index (χ0) is 14.7. The van der Waals surface area contributed by atoms with Crippen LogP contribution in [0.4, 0.5) is 8.78 Å². The van der Waals surface area contributed by atoms with Gasteiger partial charge in [-0.25, -0.2) is 8.78 Å². The van der Waals surface area contributed by atoms with Crippen LogP contribution in [0.3, 0.4) is 0 Å². The van der Waals surface area contributed by atoms with Gasteiger partial charge in [-0.3, -0.25) is 9.78 Å². The molecule has 1 aromatic heterocycles. The second kappa shape index (κ2) is 5.76. The highest BCUT2D eigenvalue weighted by atomic mass is 35.5. The highest BCUT2D eigenvalue weighted by molar-refractivity contribution is 6.30. The zero-order valence-electron chi connectivity index (χ0n) is 9.98. The van der Waals surface area contributed by atoms with Crippen LogP contribution in [-0.2, 0) is 0 Å². The van der Waals surface area contributed by atoms with E-state index in [4.69, 9.17) is 16.9 Å². The summed E-state index contributed by atoms with van der Waals surface area (Å²) in [6.07, 6.45) is 2.81. The maximum Gasteiger partial charge on any atom is 0.187 e. The van der Waals surface area contributed by atoms with Gasteiger partial charge in [-0.05, 0) is 23.8 Å². The molecule has 0 aliphatic carbocycles. The number of carbonyl (C=O) groups is 1.